The third-order valence-corrected chi connectivity index (χ3v) is 4.60. The molecular formula is C23H19BrN2O3. The van der Waals surface area contributed by atoms with Gasteiger partial charge in [-0.15, -0.1) is 0 Å². The highest BCUT2D eigenvalue weighted by Gasteiger charge is 2.16. The highest BCUT2D eigenvalue weighted by molar-refractivity contribution is 9.10. The van der Waals surface area contributed by atoms with Crippen molar-refractivity contribution in [3.8, 4) is 5.75 Å². The number of benzene rings is 3. The molecule has 5 nitrogen and oxygen atoms in total. The largest absolute Gasteiger partial charge is 0.496 e. The number of carbonyl (C=O) groups excluding carboxylic acids is 2. The molecule has 0 aliphatic carbocycles. The van der Waals surface area contributed by atoms with E-state index in [1.165, 1.54) is 0 Å². The predicted octanol–water partition coefficient (Wildman–Crippen LogP) is 4.87. The summed E-state index contributed by atoms with van der Waals surface area (Å²) in [6.45, 7) is 0. The molecule has 29 heavy (non-hydrogen) atoms. The van der Waals surface area contributed by atoms with Crippen LogP contribution >= 0.6 is 15.9 Å². The average Bonchev–Trinajstić information content (AvgIpc) is 2.75. The Balaban J connectivity index is 1.92. The summed E-state index contributed by atoms with van der Waals surface area (Å²) in [5, 5.41) is 5.51. The highest BCUT2D eigenvalue weighted by atomic mass is 79.9. The molecule has 0 radical (unpaired) electrons. The van der Waals surface area contributed by atoms with Crippen molar-refractivity contribution >= 4 is 39.5 Å². The minimum Gasteiger partial charge on any atom is -0.496 e. The highest BCUT2D eigenvalue weighted by Crippen LogP contribution is 2.21. The number of methoxy groups -OCH3 is 1. The molecule has 0 bridgehead atoms. The second-order valence-electron chi connectivity index (χ2n) is 6.08. The number of carbonyl (C=O) groups is 2. The van der Waals surface area contributed by atoms with Crippen LogP contribution in [0, 0.1) is 0 Å². The molecule has 0 aliphatic heterocycles. The third kappa shape index (κ3) is 5.56. The summed E-state index contributed by atoms with van der Waals surface area (Å²) in [7, 11) is 1.55. The lowest BCUT2D eigenvalue weighted by atomic mass is 10.1. The summed E-state index contributed by atoms with van der Waals surface area (Å²) in [5.41, 5.74) is 1.84. The average molecular weight is 451 g/mol. The van der Waals surface area contributed by atoms with Crippen LogP contribution in [0.4, 0.5) is 5.69 Å². The van der Waals surface area contributed by atoms with Crippen LogP contribution in [0.3, 0.4) is 0 Å². The van der Waals surface area contributed by atoms with Crippen LogP contribution in [0.15, 0.2) is 89.0 Å². The van der Waals surface area contributed by atoms with Crippen molar-refractivity contribution in [2.45, 2.75) is 0 Å². The number of amides is 2. The number of anilines is 1. The van der Waals surface area contributed by atoms with Crippen molar-refractivity contribution < 1.29 is 14.3 Å². The van der Waals surface area contributed by atoms with Gasteiger partial charge < -0.3 is 15.4 Å². The quantitative estimate of drug-likeness (QED) is 0.526. The summed E-state index contributed by atoms with van der Waals surface area (Å²) in [6, 6.07) is 23.1. The monoisotopic (exact) mass is 450 g/mol. The first-order valence-corrected chi connectivity index (χ1v) is 9.64. The Hall–Kier alpha value is -3.38. The van der Waals surface area contributed by atoms with Gasteiger partial charge in [-0.05, 0) is 48.5 Å². The second kappa shape index (κ2) is 9.71. The third-order valence-electron chi connectivity index (χ3n) is 4.07. The van der Waals surface area contributed by atoms with Gasteiger partial charge in [0.2, 0.25) is 0 Å². The maximum atomic E-state index is 12.9. The molecular weight excluding hydrogens is 432 g/mol. The van der Waals surface area contributed by atoms with Crippen LogP contribution in [0.5, 0.6) is 5.75 Å². The molecule has 0 fully saturated rings. The number of rotatable bonds is 6. The number of nitrogens with one attached hydrogen (secondary N) is 2. The molecule has 0 saturated carbocycles. The summed E-state index contributed by atoms with van der Waals surface area (Å²) in [5.74, 6) is -0.226. The van der Waals surface area contributed by atoms with E-state index in [0.717, 1.165) is 4.47 Å². The van der Waals surface area contributed by atoms with Gasteiger partial charge in [0.1, 0.15) is 11.4 Å². The number of para-hydroxylation sites is 1. The van der Waals surface area contributed by atoms with Crippen molar-refractivity contribution in [2.75, 3.05) is 12.4 Å². The minimum absolute atomic E-state index is 0.103. The summed E-state index contributed by atoms with van der Waals surface area (Å²) >= 11 is 3.36. The first-order valence-electron chi connectivity index (χ1n) is 8.85. The van der Waals surface area contributed by atoms with Crippen LogP contribution in [-0.2, 0) is 4.79 Å². The van der Waals surface area contributed by atoms with E-state index in [-0.39, 0.29) is 11.6 Å². The lowest BCUT2D eigenvalue weighted by molar-refractivity contribution is -0.113. The Morgan fingerprint density at radius 1 is 0.897 bits per heavy atom. The maximum absolute atomic E-state index is 12.9. The molecule has 0 unspecified atom stereocenters. The maximum Gasteiger partial charge on any atom is 0.272 e. The first-order chi connectivity index (χ1) is 14.1. The predicted molar refractivity (Wildman–Crippen MR) is 118 cm³/mol. The van der Waals surface area contributed by atoms with Crippen molar-refractivity contribution in [3.63, 3.8) is 0 Å². The van der Waals surface area contributed by atoms with Crippen molar-refractivity contribution in [2.24, 2.45) is 0 Å². The molecule has 0 spiro atoms. The Morgan fingerprint density at radius 2 is 1.55 bits per heavy atom. The van der Waals surface area contributed by atoms with Crippen molar-refractivity contribution in [1.29, 1.82) is 0 Å². The van der Waals surface area contributed by atoms with E-state index in [0.29, 0.717) is 22.6 Å². The normalized spacial score (nSPS) is 10.9. The van der Waals surface area contributed by atoms with Gasteiger partial charge in [-0.3, -0.25) is 9.59 Å². The lowest BCUT2D eigenvalue weighted by Gasteiger charge is -2.12. The first kappa shape index (κ1) is 20.4. The van der Waals surface area contributed by atoms with E-state index in [1.54, 1.807) is 61.7 Å². The smallest absolute Gasteiger partial charge is 0.272 e. The van der Waals surface area contributed by atoms with E-state index in [4.69, 9.17) is 4.74 Å². The molecule has 146 valence electrons. The second-order valence-corrected chi connectivity index (χ2v) is 7.00. The van der Waals surface area contributed by atoms with Crippen molar-refractivity contribution in [3.05, 3.63) is 100 Å². The summed E-state index contributed by atoms with van der Waals surface area (Å²) in [4.78, 5) is 25.6. The molecule has 3 aromatic rings. The number of ether oxygens (including phenoxy) is 1. The zero-order valence-corrected chi connectivity index (χ0v) is 17.3. The van der Waals surface area contributed by atoms with Gasteiger partial charge >= 0.3 is 0 Å². The molecule has 3 rings (SSSR count). The molecule has 3 aromatic carbocycles. The molecule has 0 aromatic heterocycles. The zero-order chi connectivity index (χ0) is 20.6. The Kier molecular flexibility index (Phi) is 6.81. The van der Waals surface area contributed by atoms with Gasteiger partial charge in [0.05, 0.1) is 7.11 Å². The van der Waals surface area contributed by atoms with Crippen molar-refractivity contribution in [1.82, 2.24) is 5.32 Å². The van der Waals surface area contributed by atoms with Gasteiger partial charge in [0.25, 0.3) is 11.8 Å². The standard InChI is InChI=1S/C23H19BrN2O3/c1-29-21-10-6-5-9-17(21)15-20(26-22(27)16-7-3-2-4-8-16)23(28)25-19-13-11-18(24)12-14-19/h2-15H,1H3,(H,25,28)(H,26,27)/b20-15+. The van der Waals surface area contributed by atoms with Crippen LogP contribution in [0.25, 0.3) is 6.08 Å². The fourth-order valence-electron chi connectivity index (χ4n) is 2.62. The van der Waals surface area contributed by atoms with Gasteiger partial charge in [-0.25, -0.2) is 0 Å². The Bertz CT molecular complexity index is 1030. The number of hydrogen-bond acceptors (Lipinski definition) is 3. The SMILES string of the molecule is COc1ccccc1/C=C(/NC(=O)c1ccccc1)C(=O)Nc1ccc(Br)cc1. The summed E-state index contributed by atoms with van der Waals surface area (Å²) in [6.07, 6.45) is 1.59. The lowest BCUT2D eigenvalue weighted by Crippen LogP contribution is -2.30. The Morgan fingerprint density at radius 3 is 2.24 bits per heavy atom. The molecule has 2 amide bonds. The van der Waals surface area contributed by atoms with E-state index in [9.17, 15) is 9.59 Å². The number of halogens is 1. The fourth-order valence-corrected chi connectivity index (χ4v) is 2.88. The van der Waals surface area contributed by atoms with Gasteiger partial charge in [0, 0.05) is 21.3 Å². The molecule has 0 saturated heterocycles. The van der Waals surface area contributed by atoms with Crippen LogP contribution < -0.4 is 15.4 Å². The van der Waals surface area contributed by atoms with E-state index in [2.05, 4.69) is 26.6 Å². The van der Waals surface area contributed by atoms with E-state index >= 15 is 0 Å². The fraction of sp³-hybridized carbons (Fsp3) is 0.0435. The molecule has 2 N–H and O–H groups in total. The molecule has 0 aliphatic rings. The van der Waals surface area contributed by atoms with Gasteiger partial charge in [0.15, 0.2) is 0 Å². The van der Waals surface area contributed by atoms with Gasteiger partial charge in [-0.1, -0.05) is 52.3 Å². The molecule has 0 heterocycles. The molecule has 0 atom stereocenters. The van der Waals surface area contributed by atoms with Crippen LogP contribution in [0.2, 0.25) is 0 Å². The van der Waals surface area contributed by atoms with Gasteiger partial charge in [-0.2, -0.15) is 0 Å². The number of hydrogen-bond donors (Lipinski definition) is 2. The zero-order valence-electron chi connectivity index (χ0n) is 15.7. The molecule has 6 heteroatoms. The van der Waals surface area contributed by atoms with E-state index in [1.807, 2.05) is 30.3 Å². The van der Waals surface area contributed by atoms with Crippen LogP contribution in [-0.4, -0.2) is 18.9 Å². The Labute approximate surface area is 177 Å². The van der Waals surface area contributed by atoms with E-state index < -0.39 is 5.91 Å². The summed E-state index contributed by atoms with van der Waals surface area (Å²) < 4.78 is 6.25. The van der Waals surface area contributed by atoms with Crippen LogP contribution in [0.1, 0.15) is 15.9 Å². The topological polar surface area (TPSA) is 67.4 Å². The minimum atomic E-state index is -0.442.